The average Bonchev–Trinajstić information content (AvgIpc) is 0.797. The van der Waals surface area contributed by atoms with Crippen molar-refractivity contribution in [2.24, 2.45) is 23.7 Å². The molecule has 0 saturated heterocycles. The first-order valence-electron chi connectivity index (χ1n) is 32.3. The van der Waals surface area contributed by atoms with Gasteiger partial charge in [0.05, 0.1) is 53.5 Å². The first-order valence-corrected chi connectivity index (χ1v) is 49.2. The summed E-state index contributed by atoms with van der Waals surface area (Å²) >= 11 is 0. The Kier molecular flexibility index (Phi) is 38.2. The van der Waals surface area contributed by atoms with E-state index in [0.29, 0.717) is 73.9 Å². The van der Waals surface area contributed by atoms with E-state index in [1.165, 1.54) is 42.7 Å². The first-order chi connectivity index (χ1) is 46.7. The minimum absolute atomic E-state index is 0.0284. The minimum atomic E-state index is -5.34. The third-order valence-electron chi connectivity index (χ3n) is 15.6. The summed E-state index contributed by atoms with van der Waals surface area (Å²) in [7, 11) is -15.8. The van der Waals surface area contributed by atoms with Crippen molar-refractivity contribution in [3.63, 3.8) is 0 Å². The maximum Gasteiger partial charge on any atom is 0.501 e. The fraction of sp³-hybridized carbons (Fsp3) is 0.552. The van der Waals surface area contributed by atoms with Crippen LogP contribution in [0.25, 0.3) is 0 Å². The molecule has 34 heteroatoms. The van der Waals surface area contributed by atoms with E-state index in [2.05, 4.69) is 20.4 Å². The smallest absolute Gasteiger partial charge is 0.493 e. The highest BCUT2D eigenvalue weighted by Crippen LogP contribution is 2.33. The molecule has 5 rings (SSSR count). The molecule has 4 unspecified atom stereocenters. The van der Waals surface area contributed by atoms with Crippen molar-refractivity contribution < 1.29 is 114 Å². The Balaban J connectivity index is 0.000000461. The van der Waals surface area contributed by atoms with Gasteiger partial charge in [-0.3, -0.25) is 0 Å². The molecule has 0 radical (unpaired) electrons. The van der Waals surface area contributed by atoms with Crippen molar-refractivity contribution in [2.75, 3.05) is 88.6 Å². The number of aryl methyl sites for hydroxylation is 1. The number of ether oxygens (including phenoxy) is 4. The van der Waals surface area contributed by atoms with Crippen LogP contribution in [0.2, 0.25) is 50.4 Å². The van der Waals surface area contributed by atoms with Crippen LogP contribution in [0.1, 0.15) is 63.8 Å². The van der Waals surface area contributed by atoms with Crippen LogP contribution in [0.5, 0.6) is 23.0 Å². The highest BCUT2D eigenvalue weighted by molar-refractivity contribution is 7.92. The summed E-state index contributed by atoms with van der Waals surface area (Å²) in [6.07, 6.45) is 1.23. The Bertz CT molecular complexity index is 3660. The fourth-order valence-corrected chi connectivity index (χ4v) is 22.1. The second-order valence-corrected chi connectivity index (χ2v) is 47.1. The van der Waals surface area contributed by atoms with E-state index >= 15 is 0 Å². The summed E-state index contributed by atoms with van der Waals surface area (Å²) in [4.78, 5) is -0.466. The van der Waals surface area contributed by atoms with E-state index in [9.17, 15) is 60.0 Å². The van der Waals surface area contributed by atoms with Crippen molar-refractivity contribution in [3.05, 3.63) is 144 Å². The molecule has 0 amide bonds. The maximum atomic E-state index is 12.6. The monoisotopic (exact) mass is 1580 g/mol. The topological polar surface area (TPSA) is 247 Å². The Morgan fingerprint density at radius 3 is 0.911 bits per heavy atom. The standard InChI is InChI=1S/C23H34O5SSi.C15H23F3O5SSi.C15H26O5SSi.C14H21F3O5SSi/c1-6-27-30(5,28-7-2)18-20(4)16-26-22-12-10-21(11-13-22)17-29(24,25)23-14-8-19(3)9-15-23;1-12(11-25(4,21-2)22-3)9-23-14-7-5-13(6-8-14)10-24(19,20)15(16,17)18;1-13(12-22(5,18-2)19-3)10-20-15-8-6-14(7-9-15)11-21(4,16)17;1-11(10-24(4,20-2)21-3)9-22-12-5-7-13(8-6-12)23(18,19)14(15,16)17/h8-15,20H,6-7,16-18H2,1-5H3;5-8,12H,9-11H2,1-4H3;6-9,13H,10-12H2,1-5H3;5-8,11H,9-10H2,1-4H3. The molecule has 0 bridgehead atoms. The second kappa shape index (κ2) is 41.8. The van der Waals surface area contributed by atoms with Crippen molar-refractivity contribution in [2.45, 2.75) is 137 Å². The van der Waals surface area contributed by atoms with Crippen molar-refractivity contribution in [3.8, 4) is 23.0 Å². The molecule has 101 heavy (non-hydrogen) atoms. The van der Waals surface area contributed by atoms with E-state index in [1.54, 1.807) is 79.1 Å². The zero-order chi connectivity index (χ0) is 76.9. The lowest BCUT2D eigenvalue weighted by Crippen LogP contribution is -2.41. The molecule has 20 nitrogen and oxygen atoms in total. The predicted molar refractivity (Wildman–Crippen MR) is 388 cm³/mol. The average molecular weight is 1580 g/mol. The highest BCUT2D eigenvalue weighted by atomic mass is 32.2. The minimum Gasteiger partial charge on any atom is -0.493 e. The van der Waals surface area contributed by atoms with Crippen LogP contribution in [-0.2, 0) is 92.0 Å². The molecule has 0 fully saturated rings. The Morgan fingerprint density at radius 2 is 0.644 bits per heavy atom. The fourth-order valence-electron chi connectivity index (χ4n) is 9.79. The van der Waals surface area contributed by atoms with Gasteiger partial charge in [0, 0.05) is 62.1 Å². The van der Waals surface area contributed by atoms with Crippen LogP contribution in [-0.4, -0.2) is 167 Å². The van der Waals surface area contributed by atoms with Crippen molar-refractivity contribution in [1.82, 2.24) is 0 Å². The van der Waals surface area contributed by atoms with Crippen LogP contribution >= 0.6 is 0 Å². The summed E-state index contributed by atoms with van der Waals surface area (Å²) in [6, 6.07) is 34.2. The molecule has 0 aliphatic rings. The van der Waals surface area contributed by atoms with E-state index in [4.69, 9.17) is 54.4 Å². The van der Waals surface area contributed by atoms with Gasteiger partial charge in [0.1, 0.15) is 23.0 Å². The first kappa shape index (κ1) is 92.3. The van der Waals surface area contributed by atoms with Crippen LogP contribution in [0.3, 0.4) is 0 Å². The second-order valence-electron chi connectivity index (χ2n) is 25.3. The number of halogens is 6. The lowest BCUT2D eigenvalue weighted by molar-refractivity contribution is -0.0442. The van der Waals surface area contributed by atoms with Crippen molar-refractivity contribution >= 4 is 73.6 Å². The normalized spacial score (nSPS) is 13.9. The van der Waals surface area contributed by atoms with Crippen molar-refractivity contribution in [1.29, 1.82) is 0 Å². The van der Waals surface area contributed by atoms with E-state index in [1.807, 2.05) is 90.7 Å². The number of hydrogen-bond acceptors (Lipinski definition) is 20. The number of alkyl halides is 6. The molecule has 0 aliphatic carbocycles. The Hall–Kier alpha value is -4.77. The number of benzene rings is 5. The van der Waals surface area contributed by atoms with Gasteiger partial charge in [-0.15, -0.1) is 0 Å². The third-order valence-corrected chi connectivity index (χ3v) is 33.8. The molecule has 0 N–H and O–H groups in total. The largest absolute Gasteiger partial charge is 0.501 e. The molecule has 0 heterocycles. The third kappa shape index (κ3) is 33.9. The molecule has 0 saturated carbocycles. The van der Waals surface area contributed by atoms with E-state index in [-0.39, 0.29) is 28.9 Å². The SMILES string of the molecule is CCO[Si](C)(CC(C)COc1ccc(CS(=O)(=O)c2ccc(C)cc2)cc1)OCC.CO[Si](C)(CC(C)COc1ccc(CS(=O)(=O)C(F)(F)F)cc1)OC.CO[Si](C)(CC(C)COc1ccc(CS(C)(=O)=O)cc1)OC.CO[Si](C)(CC(C)COc1ccc(S(=O)(=O)C(F)(F)F)cc1)OC. The van der Waals surface area contributed by atoms with Gasteiger partial charge in [-0.1, -0.05) is 81.8 Å². The van der Waals surface area contributed by atoms with E-state index < -0.39 is 95.3 Å². The summed E-state index contributed by atoms with van der Waals surface area (Å²) in [5.74, 6) is 2.01. The molecule has 0 spiro atoms. The van der Waals surface area contributed by atoms with Gasteiger partial charge in [-0.05, 0) is 184 Å². The van der Waals surface area contributed by atoms with Crippen LogP contribution in [0.15, 0.2) is 131 Å². The van der Waals surface area contributed by atoms with Gasteiger partial charge < -0.3 is 54.4 Å². The number of rotatable bonds is 38. The van der Waals surface area contributed by atoms with Gasteiger partial charge in [0.15, 0.2) is 19.7 Å². The molecule has 574 valence electrons. The lowest BCUT2D eigenvalue weighted by atomic mass is 10.2. The van der Waals surface area contributed by atoms with Crippen LogP contribution < -0.4 is 18.9 Å². The predicted octanol–water partition coefficient (Wildman–Crippen LogP) is 14.6. The molecular formula is C67H104F6O20S4Si4. The molecule has 0 aliphatic heterocycles. The summed E-state index contributed by atoms with van der Waals surface area (Å²) in [6.45, 7) is 25.2. The lowest BCUT2D eigenvalue weighted by Gasteiger charge is -2.28. The van der Waals surface area contributed by atoms with Crippen LogP contribution in [0.4, 0.5) is 26.3 Å². The zero-order valence-electron chi connectivity index (χ0n) is 61.1. The van der Waals surface area contributed by atoms with Gasteiger partial charge in [0.2, 0.25) is 0 Å². The highest BCUT2D eigenvalue weighted by Gasteiger charge is 2.47. The molecule has 4 atom stereocenters. The van der Waals surface area contributed by atoms with Gasteiger partial charge in [0.25, 0.3) is 19.7 Å². The summed E-state index contributed by atoms with van der Waals surface area (Å²) in [5, 5.41) is 0. The van der Waals surface area contributed by atoms with Gasteiger partial charge in [-0.25, -0.2) is 33.7 Å². The summed E-state index contributed by atoms with van der Waals surface area (Å²) < 4.78 is 234. The van der Waals surface area contributed by atoms with E-state index in [0.717, 1.165) is 58.5 Å². The van der Waals surface area contributed by atoms with Gasteiger partial charge in [-0.2, -0.15) is 26.3 Å². The zero-order valence-corrected chi connectivity index (χ0v) is 68.4. The van der Waals surface area contributed by atoms with Crippen LogP contribution in [0, 0.1) is 30.6 Å². The Morgan fingerprint density at radius 1 is 0.376 bits per heavy atom. The molecular weight excluding hydrogens is 1480 g/mol. The summed E-state index contributed by atoms with van der Waals surface area (Å²) in [5.41, 5.74) is -7.98. The van der Waals surface area contributed by atoms with Gasteiger partial charge >= 0.3 is 45.3 Å². The number of sulfone groups is 4. The molecule has 0 aromatic heterocycles. The quantitative estimate of drug-likeness (QED) is 0.0263. The Labute approximate surface area is 600 Å². The molecule has 5 aromatic rings. The molecule has 5 aromatic carbocycles. The number of hydrogen-bond donors (Lipinski definition) is 0. The maximum absolute atomic E-state index is 12.6.